The van der Waals surface area contributed by atoms with Crippen molar-refractivity contribution in [1.29, 1.82) is 0 Å². The Morgan fingerprint density at radius 1 is 1.32 bits per heavy atom. The van der Waals surface area contributed by atoms with Gasteiger partial charge in [-0.1, -0.05) is 38.1 Å². The van der Waals surface area contributed by atoms with Crippen LogP contribution < -0.4 is 0 Å². The lowest BCUT2D eigenvalue weighted by molar-refractivity contribution is -0.122. The Balaban J connectivity index is 2.67. The molecule has 0 heterocycles. The molecule has 0 amide bonds. The van der Waals surface area contributed by atoms with Gasteiger partial charge in [-0.15, -0.1) is 0 Å². The summed E-state index contributed by atoms with van der Waals surface area (Å²) < 4.78 is 0. The van der Waals surface area contributed by atoms with Crippen molar-refractivity contribution in [3.05, 3.63) is 16.5 Å². The van der Waals surface area contributed by atoms with Crippen molar-refractivity contribution >= 4 is 12.6 Å². The molecule has 3 nitrogen and oxygen atoms in total. The summed E-state index contributed by atoms with van der Waals surface area (Å²) in [5.41, 5.74) is -0.303. The van der Waals surface area contributed by atoms with Crippen LogP contribution in [0.25, 0.3) is 4.85 Å². The predicted octanol–water partition coefficient (Wildman–Crippen LogP) is 3.25. The third-order valence-corrected chi connectivity index (χ3v) is 5.73. The van der Waals surface area contributed by atoms with E-state index in [-0.39, 0.29) is 10.8 Å². The molecular weight excluding hydrogens is 238 g/mol. The molecule has 0 saturated heterocycles. The Morgan fingerprint density at radius 2 is 2.00 bits per heavy atom. The molecule has 0 aromatic rings. The summed E-state index contributed by atoms with van der Waals surface area (Å²) in [4.78, 5) is 27.1. The third-order valence-electron chi connectivity index (χ3n) is 5.73. The highest BCUT2D eigenvalue weighted by molar-refractivity contribution is 5.83. The first-order valence-electron chi connectivity index (χ1n) is 6.91. The normalized spacial score (nSPS) is 40.5. The van der Waals surface area contributed by atoms with Gasteiger partial charge >= 0.3 is 0 Å². The van der Waals surface area contributed by atoms with Crippen LogP contribution in [0.1, 0.15) is 46.5 Å². The van der Waals surface area contributed by atoms with Gasteiger partial charge in [0, 0.05) is 11.8 Å². The molecule has 0 spiro atoms. The number of rotatable bonds is 2. The van der Waals surface area contributed by atoms with Crippen molar-refractivity contribution in [2.24, 2.45) is 16.7 Å². The maximum Gasteiger partial charge on any atom is 0.295 e. The Morgan fingerprint density at radius 3 is 2.53 bits per heavy atom. The fourth-order valence-corrected chi connectivity index (χ4v) is 4.49. The van der Waals surface area contributed by atoms with Crippen LogP contribution in [0.15, 0.2) is 11.6 Å². The predicted molar refractivity (Wildman–Crippen MR) is 75.1 cm³/mol. The third kappa shape index (κ3) is 1.55. The highest BCUT2D eigenvalue weighted by Crippen LogP contribution is 2.63. The monoisotopic (exact) mass is 260 g/mol. The van der Waals surface area contributed by atoms with Crippen LogP contribution in [-0.4, -0.2) is 18.1 Å². The number of nitrogens with zero attached hydrogens (tertiary/aromatic N) is 1. The molecule has 0 bridgehead atoms. The summed E-state index contributed by atoms with van der Waals surface area (Å²) in [6.07, 6.45) is 7.18. The molecule has 2 aliphatic rings. The van der Waals surface area contributed by atoms with Crippen LogP contribution in [0.4, 0.5) is 0 Å². The molecule has 1 fully saturated rings. The van der Waals surface area contributed by atoms with Gasteiger partial charge in [0.25, 0.3) is 12.1 Å². The average molecular weight is 260 g/mol. The fraction of sp³-hybridized carbons (Fsp3) is 0.688. The average Bonchev–Trinajstić information content (AvgIpc) is 2.36. The van der Waals surface area contributed by atoms with E-state index in [0.29, 0.717) is 12.0 Å². The Bertz CT molecular complexity index is 485. The summed E-state index contributed by atoms with van der Waals surface area (Å²) >= 11 is 0. The van der Waals surface area contributed by atoms with Gasteiger partial charge in [-0.05, 0) is 18.4 Å². The van der Waals surface area contributed by atoms with Crippen molar-refractivity contribution in [3.8, 4) is 6.57 Å². The van der Waals surface area contributed by atoms with E-state index in [1.165, 1.54) is 0 Å². The highest BCUT2D eigenvalue weighted by Gasteiger charge is 2.71. The number of carbonyl (C=O) groups excluding carboxylic acids is 2. The number of hydrogen-bond acceptors (Lipinski definition) is 2. The minimum Gasteiger partial charge on any atom is -0.303 e. The number of allylic oxidation sites excluding steroid dienone is 1. The SMILES string of the molecule is C#[N+][C@@]12CC=C(C=O)[C@H](C=O)[C@@]1(C)CCCC2(C)C. The molecule has 3 atom stereocenters. The van der Waals surface area contributed by atoms with E-state index in [4.69, 9.17) is 6.57 Å². The van der Waals surface area contributed by atoms with Gasteiger partial charge in [0.1, 0.15) is 12.6 Å². The lowest BCUT2D eigenvalue weighted by atomic mass is 9.44. The second kappa shape index (κ2) is 4.30. The van der Waals surface area contributed by atoms with E-state index in [9.17, 15) is 9.59 Å². The summed E-state index contributed by atoms with van der Waals surface area (Å²) in [5, 5.41) is 0. The maximum atomic E-state index is 11.6. The van der Waals surface area contributed by atoms with Crippen LogP contribution in [-0.2, 0) is 9.59 Å². The summed E-state index contributed by atoms with van der Waals surface area (Å²) in [6, 6.07) is 0. The molecule has 102 valence electrons. The van der Waals surface area contributed by atoms with Crippen molar-refractivity contribution < 1.29 is 9.59 Å². The smallest absolute Gasteiger partial charge is 0.295 e. The minimum atomic E-state index is -0.462. The highest BCUT2D eigenvalue weighted by atomic mass is 16.1. The molecular formula is C16H22NO2+. The van der Waals surface area contributed by atoms with Gasteiger partial charge in [-0.3, -0.25) is 4.79 Å². The topological polar surface area (TPSA) is 38.5 Å². The first kappa shape index (κ1) is 14.0. The largest absolute Gasteiger partial charge is 0.303 e. The van der Waals surface area contributed by atoms with E-state index < -0.39 is 11.5 Å². The molecule has 0 aromatic heterocycles. The Hall–Kier alpha value is -1.43. The minimum absolute atomic E-state index is 0.0685. The van der Waals surface area contributed by atoms with Crippen molar-refractivity contribution in [2.75, 3.05) is 0 Å². The number of hydrogen-bond donors (Lipinski definition) is 0. The zero-order valence-corrected chi connectivity index (χ0v) is 12.0. The first-order valence-corrected chi connectivity index (χ1v) is 6.91. The molecule has 0 unspecified atom stereocenters. The van der Waals surface area contributed by atoms with Crippen LogP contribution in [0.3, 0.4) is 0 Å². The number of carbonyl (C=O) groups is 2. The van der Waals surface area contributed by atoms with Gasteiger partial charge in [0.2, 0.25) is 0 Å². The van der Waals surface area contributed by atoms with Crippen molar-refractivity contribution in [2.45, 2.75) is 52.0 Å². The van der Waals surface area contributed by atoms with Gasteiger partial charge in [-0.2, -0.15) is 0 Å². The van der Waals surface area contributed by atoms with Crippen molar-refractivity contribution in [3.63, 3.8) is 0 Å². The lowest BCUT2D eigenvalue weighted by Gasteiger charge is -2.53. The van der Waals surface area contributed by atoms with Gasteiger partial charge < -0.3 is 4.79 Å². The maximum absolute atomic E-state index is 11.6. The van der Waals surface area contributed by atoms with Crippen LogP contribution in [0, 0.1) is 23.3 Å². The molecule has 0 aliphatic heterocycles. The Labute approximate surface area is 114 Å². The molecule has 19 heavy (non-hydrogen) atoms. The summed E-state index contributed by atoms with van der Waals surface area (Å²) in [6.45, 7) is 12.2. The molecule has 1 saturated carbocycles. The van der Waals surface area contributed by atoms with Crippen molar-refractivity contribution in [1.82, 2.24) is 0 Å². The fourth-order valence-electron chi connectivity index (χ4n) is 4.49. The molecule has 0 N–H and O–H groups in total. The van der Waals surface area contributed by atoms with E-state index >= 15 is 0 Å². The molecule has 0 radical (unpaired) electrons. The molecule has 3 heteroatoms. The van der Waals surface area contributed by atoms with Gasteiger partial charge in [0.05, 0.1) is 11.3 Å². The zero-order chi connectivity index (χ0) is 14.3. The van der Waals surface area contributed by atoms with Gasteiger partial charge in [-0.25, -0.2) is 0 Å². The molecule has 2 aliphatic carbocycles. The lowest BCUT2D eigenvalue weighted by Crippen LogP contribution is -2.61. The summed E-state index contributed by atoms with van der Waals surface area (Å²) in [5.74, 6) is -0.398. The van der Waals surface area contributed by atoms with Crippen LogP contribution in [0.2, 0.25) is 0 Å². The second-order valence-electron chi connectivity index (χ2n) is 6.78. The number of fused-ring (bicyclic) bond motifs is 1. The van der Waals surface area contributed by atoms with E-state index in [2.05, 4.69) is 25.6 Å². The standard InChI is InChI=1S/C16H22NO2/c1-14(2)7-5-8-15(3)13(11-19)12(10-18)6-9-16(14,15)17-4/h4,6,10-11,13H,5,7-9H2,1-3H3/q+1/t13-,15+,16+/m0/s1. The zero-order valence-electron chi connectivity index (χ0n) is 12.0. The van der Waals surface area contributed by atoms with E-state index in [1.54, 1.807) is 0 Å². The second-order valence-corrected chi connectivity index (χ2v) is 6.78. The van der Waals surface area contributed by atoms with Crippen LogP contribution >= 0.6 is 0 Å². The molecule has 0 aromatic carbocycles. The number of aldehydes is 2. The van der Waals surface area contributed by atoms with Crippen LogP contribution in [0.5, 0.6) is 0 Å². The summed E-state index contributed by atoms with van der Waals surface area (Å²) in [7, 11) is 0. The van der Waals surface area contributed by atoms with E-state index in [0.717, 1.165) is 31.8 Å². The molecule has 2 rings (SSSR count). The Kier molecular flexibility index (Phi) is 3.16. The van der Waals surface area contributed by atoms with E-state index in [1.807, 2.05) is 6.08 Å². The first-order chi connectivity index (χ1) is 8.88. The quantitative estimate of drug-likeness (QED) is 0.715. The van der Waals surface area contributed by atoms with Gasteiger partial charge in [0.15, 0.2) is 0 Å².